The van der Waals surface area contributed by atoms with E-state index in [0.29, 0.717) is 5.91 Å². The summed E-state index contributed by atoms with van der Waals surface area (Å²) in [5.74, 6) is 0.417. The van der Waals surface area contributed by atoms with E-state index in [9.17, 15) is 4.79 Å². The smallest absolute Gasteiger partial charge is 0.225 e. The quantitative estimate of drug-likeness (QED) is 0.644. The molecule has 1 aliphatic heterocycles. The molecule has 15 heavy (non-hydrogen) atoms. The fourth-order valence-corrected chi connectivity index (χ4v) is 2.32. The normalized spacial score (nSPS) is 20.9. The first-order chi connectivity index (χ1) is 7.18. The van der Waals surface area contributed by atoms with E-state index in [1.165, 1.54) is 18.4 Å². The number of nitrogens with zero attached hydrogens (tertiary/aromatic N) is 1. The lowest BCUT2D eigenvalue weighted by molar-refractivity contribution is -0.134. The van der Waals surface area contributed by atoms with Gasteiger partial charge in [-0.25, -0.2) is 0 Å². The third-order valence-electron chi connectivity index (χ3n) is 3.24. The molecule has 1 aliphatic carbocycles. The second-order valence-electron chi connectivity index (χ2n) is 4.73. The molecular weight excluding hydrogens is 186 g/mol. The van der Waals surface area contributed by atoms with Gasteiger partial charge in [-0.1, -0.05) is 31.6 Å². The Labute approximate surface area is 91.6 Å². The Balaban J connectivity index is 2.08. The zero-order chi connectivity index (χ0) is 10.8. The van der Waals surface area contributed by atoms with Crippen LogP contribution in [0.2, 0.25) is 0 Å². The predicted molar refractivity (Wildman–Crippen MR) is 61.4 cm³/mol. The lowest BCUT2D eigenvalue weighted by Crippen LogP contribution is -2.39. The van der Waals surface area contributed by atoms with Gasteiger partial charge >= 0.3 is 0 Å². The Hall–Kier alpha value is -1.05. The van der Waals surface area contributed by atoms with Gasteiger partial charge in [0, 0.05) is 19.0 Å². The second-order valence-corrected chi connectivity index (χ2v) is 4.73. The Morgan fingerprint density at radius 3 is 2.93 bits per heavy atom. The maximum atomic E-state index is 11.9. The molecule has 2 rings (SSSR count). The molecule has 0 atom stereocenters. The van der Waals surface area contributed by atoms with Crippen molar-refractivity contribution < 1.29 is 4.79 Å². The first-order valence-electron chi connectivity index (χ1n) is 5.84. The highest BCUT2D eigenvalue weighted by Gasteiger charge is 2.23. The Morgan fingerprint density at radius 2 is 2.20 bits per heavy atom. The van der Waals surface area contributed by atoms with Crippen molar-refractivity contribution >= 4 is 5.91 Å². The van der Waals surface area contributed by atoms with Crippen LogP contribution in [0, 0.1) is 5.92 Å². The van der Waals surface area contributed by atoms with Crippen LogP contribution >= 0.6 is 0 Å². The number of hydrogen-bond acceptors (Lipinski definition) is 1. The molecule has 2 aliphatic rings. The minimum absolute atomic E-state index is 0.125. The molecule has 0 aromatic rings. The Kier molecular flexibility index (Phi) is 2.94. The third kappa shape index (κ3) is 2.14. The van der Waals surface area contributed by atoms with Gasteiger partial charge in [0.15, 0.2) is 0 Å². The summed E-state index contributed by atoms with van der Waals surface area (Å²) in [4.78, 5) is 13.9. The topological polar surface area (TPSA) is 20.3 Å². The fourth-order valence-electron chi connectivity index (χ4n) is 2.32. The Morgan fingerprint density at radius 1 is 1.40 bits per heavy atom. The molecule has 0 saturated carbocycles. The highest BCUT2D eigenvalue weighted by molar-refractivity contribution is 5.78. The number of carbonyl (C=O) groups is 1. The maximum Gasteiger partial charge on any atom is 0.225 e. The van der Waals surface area contributed by atoms with Crippen LogP contribution in [-0.4, -0.2) is 23.9 Å². The van der Waals surface area contributed by atoms with Crippen LogP contribution in [0.1, 0.15) is 33.1 Å². The van der Waals surface area contributed by atoms with Crippen molar-refractivity contribution in [1.82, 2.24) is 4.90 Å². The molecule has 2 heteroatoms. The molecule has 2 nitrogen and oxygen atoms in total. The summed E-state index contributed by atoms with van der Waals surface area (Å²) in [5, 5.41) is 0. The van der Waals surface area contributed by atoms with E-state index in [1.54, 1.807) is 5.57 Å². The van der Waals surface area contributed by atoms with Crippen LogP contribution in [-0.2, 0) is 4.79 Å². The molecule has 0 N–H and O–H groups in total. The summed E-state index contributed by atoms with van der Waals surface area (Å²) in [6, 6.07) is 0. The lowest BCUT2D eigenvalue weighted by Gasteiger charge is -2.32. The minimum Gasteiger partial charge on any atom is -0.338 e. The summed E-state index contributed by atoms with van der Waals surface area (Å²) < 4.78 is 0. The van der Waals surface area contributed by atoms with Crippen LogP contribution in [0.4, 0.5) is 0 Å². The molecule has 0 radical (unpaired) electrons. The van der Waals surface area contributed by atoms with E-state index in [-0.39, 0.29) is 5.92 Å². The van der Waals surface area contributed by atoms with Crippen molar-refractivity contribution in [1.29, 1.82) is 0 Å². The van der Waals surface area contributed by atoms with Crippen LogP contribution in [0.3, 0.4) is 0 Å². The van der Waals surface area contributed by atoms with Gasteiger partial charge in [0.05, 0.1) is 0 Å². The number of amides is 1. The van der Waals surface area contributed by atoms with E-state index in [2.05, 4.69) is 12.2 Å². The van der Waals surface area contributed by atoms with E-state index in [1.807, 2.05) is 18.7 Å². The number of hydrogen-bond donors (Lipinski definition) is 0. The molecule has 0 aromatic heterocycles. The standard InChI is InChI=1S/C13H19NO/c1-10(2)13(15)14-8-7-11-5-3-4-6-12(11)9-14/h4,6,10H,3,5,7-9H2,1-2H3. The maximum absolute atomic E-state index is 11.9. The minimum atomic E-state index is 0.125. The van der Waals surface area contributed by atoms with E-state index in [0.717, 1.165) is 19.5 Å². The summed E-state index contributed by atoms with van der Waals surface area (Å²) in [6.07, 6.45) is 7.89. The monoisotopic (exact) mass is 205 g/mol. The first kappa shape index (κ1) is 10.5. The second kappa shape index (κ2) is 4.21. The predicted octanol–water partition coefficient (Wildman–Crippen LogP) is 2.52. The van der Waals surface area contributed by atoms with Crippen molar-refractivity contribution in [2.24, 2.45) is 5.92 Å². The molecule has 0 aromatic carbocycles. The van der Waals surface area contributed by atoms with Crippen LogP contribution < -0.4 is 0 Å². The number of carbonyl (C=O) groups excluding carboxylic acids is 1. The molecule has 0 saturated heterocycles. The van der Waals surface area contributed by atoms with Crippen LogP contribution in [0.5, 0.6) is 0 Å². The Bertz CT molecular complexity index is 325. The molecule has 1 heterocycles. The van der Waals surface area contributed by atoms with Gasteiger partial charge in [0.1, 0.15) is 0 Å². The summed E-state index contributed by atoms with van der Waals surface area (Å²) in [5.41, 5.74) is 2.96. The van der Waals surface area contributed by atoms with Gasteiger partial charge < -0.3 is 4.90 Å². The van der Waals surface area contributed by atoms with Gasteiger partial charge in [0.25, 0.3) is 0 Å². The summed E-state index contributed by atoms with van der Waals surface area (Å²) in [7, 11) is 0. The molecule has 0 bridgehead atoms. The highest BCUT2D eigenvalue weighted by Crippen LogP contribution is 2.27. The third-order valence-corrected chi connectivity index (χ3v) is 3.24. The van der Waals surface area contributed by atoms with E-state index in [4.69, 9.17) is 0 Å². The van der Waals surface area contributed by atoms with Crippen molar-refractivity contribution in [2.75, 3.05) is 13.1 Å². The average molecular weight is 205 g/mol. The first-order valence-corrected chi connectivity index (χ1v) is 5.84. The summed E-state index contributed by atoms with van der Waals surface area (Å²) >= 11 is 0. The highest BCUT2D eigenvalue weighted by atomic mass is 16.2. The summed E-state index contributed by atoms with van der Waals surface area (Å²) in [6.45, 7) is 5.71. The van der Waals surface area contributed by atoms with Gasteiger partial charge in [-0.2, -0.15) is 0 Å². The van der Waals surface area contributed by atoms with Crippen LogP contribution in [0.25, 0.3) is 0 Å². The van der Waals surface area contributed by atoms with Crippen molar-refractivity contribution in [2.45, 2.75) is 33.1 Å². The van der Waals surface area contributed by atoms with E-state index < -0.39 is 0 Å². The number of allylic oxidation sites excluding steroid dienone is 1. The van der Waals surface area contributed by atoms with Gasteiger partial charge in [0.2, 0.25) is 5.91 Å². The fraction of sp³-hybridized carbons (Fsp3) is 0.615. The molecular formula is C13H19NO. The molecule has 82 valence electrons. The van der Waals surface area contributed by atoms with Gasteiger partial charge in [-0.3, -0.25) is 4.79 Å². The molecule has 0 spiro atoms. The zero-order valence-electron chi connectivity index (χ0n) is 9.62. The van der Waals surface area contributed by atoms with Crippen molar-refractivity contribution in [3.63, 3.8) is 0 Å². The van der Waals surface area contributed by atoms with Crippen molar-refractivity contribution in [3.8, 4) is 0 Å². The molecule has 0 fully saturated rings. The van der Waals surface area contributed by atoms with Gasteiger partial charge in [-0.15, -0.1) is 0 Å². The average Bonchev–Trinajstić information content (AvgIpc) is 2.27. The largest absolute Gasteiger partial charge is 0.338 e. The van der Waals surface area contributed by atoms with Crippen molar-refractivity contribution in [3.05, 3.63) is 23.3 Å². The SMILES string of the molecule is CC(C)C(=O)N1CCC2=C(C=CCC2)C1. The van der Waals surface area contributed by atoms with E-state index >= 15 is 0 Å². The van der Waals surface area contributed by atoms with Crippen LogP contribution in [0.15, 0.2) is 23.3 Å². The molecule has 0 unspecified atom stereocenters. The lowest BCUT2D eigenvalue weighted by atomic mass is 9.91. The van der Waals surface area contributed by atoms with Gasteiger partial charge in [-0.05, 0) is 24.8 Å². The number of rotatable bonds is 1. The zero-order valence-corrected chi connectivity index (χ0v) is 9.62. The molecule has 1 amide bonds.